The molecule has 2 N–H and O–H groups in total. The van der Waals surface area contributed by atoms with Gasteiger partial charge in [0, 0.05) is 11.0 Å². The number of carbonyl (C=O) groups is 2. The zero-order chi connectivity index (χ0) is 18.8. The number of ether oxygens (including phenoxy) is 1. The first-order valence-electron chi connectivity index (χ1n) is 7.04. The topological polar surface area (TPSA) is 78.9 Å². The van der Waals surface area contributed by atoms with E-state index in [0.29, 0.717) is 4.47 Å². The van der Waals surface area contributed by atoms with Crippen LogP contribution in [0.4, 0.5) is 18.9 Å². The highest BCUT2D eigenvalue weighted by atomic mass is 79.9. The first-order chi connectivity index (χ1) is 11.7. The highest BCUT2D eigenvalue weighted by Crippen LogP contribution is 2.37. The summed E-state index contributed by atoms with van der Waals surface area (Å²) in [6.07, 6.45) is -4.65. The van der Waals surface area contributed by atoms with Crippen LogP contribution in [0.25, 0.3) is 0 Å². The van der Waals surface area contributed by atoms with Gasteiger partial charge in [-0.3, -0.25) is 4.79 Å². The lowest BCUT2D eigenvalue weighted by Crippen LogP contribution is -2.31. The number of methoxy groups -OCH3 is 1. The van der Waals surface area contributed by atoms with Crippen LogP contribution >= 0.6 is 15.9 Å². The number of aliphatic hydroxyl groups is 1. The van der Waals surface area contributed by atoms with Crippen LogP contribution < -0.4 is 5.32 Å². The molecule has 0 spiro atoms. The molecule has 0 bridgehead atoms. The minimum Gasteiger partial charge on any atom is -0.466 e. The average molecular weight is 423 g/mol. The van der Waals surface area contributed by atoms with Crippen molar-refractivity contribution in [1.82, 2.24) is 4.90 Å². The number of halogens is 4. The summed E-state index contributed by atoms with van der Waals surface area (Å²) in [4.78, 5) is 25.4. The lowest BCUT2D eigenvalue weighted by Gasteiger charge is -2.17. The van der Waals surface area contributed by atoms with Gasteiger partial charge >= 0.3 is 12.1 Å². The Balaban J connectivity index is 2.47. The molecule has 25 heavy (non-hydrogen) atoms. The van der Waals surface area contributed by atoms with Gasteiger partial charge in [0.25, 0.3) is 5.91 Å². The maximum Gasteiger partial charge on any atom is 0.418 e. The predicted molar refractivity (Wildman–Crippen MR) is 85.5 cm³/mol. The summed E-state index contributed by atoms with van der Waals surface area (Å²) in [6, 6.07) is 3.24. The molecule has 1 aliphatic rings. The van der Waals surface area contributed by atoms with Crippen LogP contribution in [0.3, 0.4) is 0 Å². The van der Waals surface area contributed by atoms with Gasteiger partial charge < -0.3 is 20.1 Å². The Morgan fingerprint density at radius 3 is 2.68 bits per heavy atom. The number of amides is 1. The van der Waals surface area contributed by atoms with Gasteiger partial charge in [-0.05, 0) is 18.2 Å². The number of carbonyl (C=O) groups excluding carboxylic acids is 2. The molecule has 1 aromatic carbocycles. The van der Waals surface area contributed by atoms with E-state index in [4.69, 9.17) is 5.11 Å². The second-order valence-electron chi connectivity index (χ2n) is 5.11. The SMILES string of the molecule is COC(=O)C1=C(Nc2cc(Br)ccc2C(F)(F)F)C(=O)N(CCO)C1. The molecule has 136 valence electrons. The van der Waals surface area contributed by atoms with Crippen molar-refractivity contribution in [2.45, 2.75) is 6.18 Å². The Kier molecular flexibility index (Phi) is 5.73. The normalized spacial score (nSPS) is 15.0. The number of hydrogen-bond acceptors (Lipinski definition) is 5. The van der Waals surface area contributed by atoms with Crippen molar-refractivity contribution in [3.63, 3.8) is 0 Å². The van der Waals surface area contributed by atoms with Crippen molar-refractivity contribution in [2.24, 2.45) is 0 Å². The molecule has 0 saturated carbocycles. The monoisotopic (exact) mass is 422 g/mol. The number of hydrogen-bond donors (Lipinski definition) is 2. The molecular weight excluding hydrogens is 409 g/mol. The van der Waals surface area contributed by atoms with Gasteiger partial charge in [0.2, 0.25) is 0 Å². The molecule has 0 saturated heterocycles. The maximum atomic E-state index is 13.2. The summed E-state index contributed by atoms with van der Waals surface area (Å²) in [6.45, 7) is -0.572. The van der Waals surface area contributed by atoms with E-state index < -0.39 is 23.6 Å². The second-order valence-corrected chi connectivity index (χ2v) is 6.02. The first kappa shape index (κ1) is 19.3. The lowest BCUT2D eigenvalue weighted by molar-refractivity contribution is -0.137. The molecule has 0 aromatic heterocycles. The second kappa shape index (κ2) is 7.44. The molecule has 0 unspecified atom stereocenters. The Morgan fingerprint density at radius 2 is 2.12 bits per heavy atom. The molecule has 1 aliphatic heterocycles. The van der Waals surface area contributed by atoms with Crippen LogP contribution in [-0.2, 0) is 20.5 Å². The fraction of sp³-hybridized carbons (Fsp3) is 0.333. The minimum absolute atomic E-state index is 0.0604. The van der Waals surface area contributed by atoms with Crippen LogP contribution in [0.5, 0.6) is 0 Å². The highest BCUT2D eigenvalue weighted by Gasteiger charge is 2.37. The molecule has 10 heteroatoms. The third kappa shape index (κ3) is 4.13. The Hall–Kier alpha value is -2.07. The van der Waals surface area contributed by atoms with Crippen LogP contribution in [0.2, 0.25) is 0 Å². The smallest absolute Gasteiger partial charge is 0.418 e. The van der Waals surface area contributed by atoms with Crippen molar-refractivity contribution >= 4 is 33.5 Å². The number of rotatable bonds is 5. The Morgan fingerprint density at radius 1 is 1.44 bits per heavy atom. The fourth-order valence-corrected chi connectivity index (χ4v) is 2.71. The average Bonchev–Trinajstić information content (AvgIpc) is 2.83. The summed E-state index contributed by atoms with van der Waals surface area (Å²) in [7, 11) is 1.10. The van der Waals surface area contributed by atoms with E-state index in [9.17, 15) is 22.8 Å². The Bertz CT molecular complexity index is 734. The number of nitrogens with one attached hydrogen (secondary N) is 1. The number of alkyl halides is 3. The number of esters is 1. The number of anilines is 1. The number of benzene rings is 1. The maximum absolute atomic E-state index is 13.2. The highest BCUT2D eigenvalue weighted by molar-refractivity contribution is 9.10. The van der Waals surface area contributed by atoms with Gasteiger partial charge in [-0.15, -0.1) is 0 Å². The quantitative estimate of drug-likeness (QED) is 0.710. The van der Waals surface area contributed by atoms with E-state index >= 15 is 0 Å². The lowest BCUT2D eigenvalue weighted by atomic mass is 10.1. The van der Waals surface area contributed by atoms with Gasteiger partial charge in [-0.1, -0.05) is 15.9 Å². The zero-order valence-electron chi connectivity index (χ0n) is 13.0. The van der Waals surface area contributed by atoms with Gasteiger partial charge in [-0.25, -0.2) is 4.79 Å². The van der Waals surface area contributed by atoms with E-state index in [0.717, 1.165) is 24.1 Å². The van der Waals surface area contributed by atoms with E-state index in [-0.39, 0.29) is 36.7 Å². The molecule has 0 fully saturated rings. The van der Waals surface area contributed by atoms with Crippen molar-refractivity contribution in [2.75, 3.05) is 32.1 Å². The van der Waals surface area contributed by atoms with Crippen molar-refractivity contribution in [1.29, 1.82) is 0 Å². The molecule has 1 amide bonds. The Labute approximate surface area is 149 Å². The number of β-amino-alcohol motifs (C(OH)–C–C–N with tert-alkyl or cyclic N) is 1. The summed E-state index contributed by atoms with van der Waals surface area (Å²) in [5.41, 5.74) is -1.77. The predicted octanol–water partition coefficient (Wildman–Crippen LogP) is 2.14. The molecule has 1 heterocycles. The van der Waals surface area contributed by atoms with Crippen LogP contribution in [0, 0.1) is 0 Å². The van der Waals surface area contributed by atoms with E-state index in [1.165, 1.54) is 6.07 Å². The molecule has 1 aromatic rings. The summed E-state index contributed by atoms with van der Waals surface area (Å²) in [5.74, 6) is -1.53. The standard InChI is InChI=1S/C15H14BrF3N2O4/c1-25-14(24)9-7-21(4-5-22)13(23)12(9)20-11-6-8(16)2-3-10(11)15(17,18)19/h2-3,6,20,22H,4-5,7H2,1H3. The van der Waals surface area contributed by atoms with Crippen LogP contribution in [0.1, 0.15) is 5.56 Å². The zero-order valence-corrected chi connectivity index (χ0v) is 14.6. The van der Waals surface area contributed by atoms with E-state index in [1.54, 1.807) is 0 Å². The summed E-state index contributed by atoms with van der Waals surface area (Å²) < 4.78 is 44.5. The molecule has 0 atom stereocenters. The minimum atomic E-state index is -4.65. The summed E-state index contributed by atoms with van der Waals surface area (Å²) >= 11 is 3.08. The third-order valence-electron chi connectivity index (χ3n) is 3.50. The van der Waals surface area contributed by atoms with Gasteiger partial charge in [0.1, 0.15) is 5.70 Å². The first-order valence-corrected chi connectivity index (χ1v) is 7.83. The molecule has 6 nitrogen and oxygen atoms in total. The van der Waals surface area contributed by atoms with Gasteiger partial charge in [0.05, 0.1) is 37.1 Å². The van der Waals surface area contributed by atoms with Gasteiger partial charge in [0.15, 0.2) is 0 Å². The molecule has 0 radical (unpaired) electrons. The molecule has 0 aliphatic carbocycles. The fourth-order valence-electron chi connectivity index (χ4n) is 2.35. The summed E-state index contributed by atoms with van der Waals surface area (Å²) in [5, 5.41) is 11.4. The third-order valence-corrected chi connectivity index (χ3v) is 3.99. The number of nitrogens with zero attached hydrogens (tertiary/aromatic N) is 1. The largest absolute Gasteiger partial charge is 0.466 e. The molecular formula is C15H14BrF3N2O4. The van der Waals surface area contributed by atoms with Crippen LogP contribution in [-0.4, -0.2) is 48.7 Å². The van der Waals surface area contributed by atoms with Crippen molar-refractivity contribution < 1.29 is 32.6 Å². The van der Waals surface area contributed by atoms with Crippen molar-refractivity contribution in [3.05, 3.63) is 39.5 Å². The van der Waals surface area contributed by atoms with Crippen molar-refractivity contribution in [3.8, 4) is 0 Å². The van der Waals surface area contributed by atoms with Gasteiger partial charge in [-0.2, -0.15) is 13.2 Å². The van der Waals surface area contributed by atoms with E-state index in [2.05, 4.69) is 26.0 Å². The van der Waals surface area contributed by atoms with E-state index in [1.807, 2.05) is 0 Å². The number of aliphatic hydroxyl groups excluding tert-OH is 1. The molecule has 2 rings (SSSR count). The van der Waals surface area contributed by atoms with Crippen LogP contribution in [0.15, 0.2) is 33.9 Å².